The van der Waals surface area contributed by atoms with Crippen LogP contribution in [0.1, 0.15) is 76.6 Å². The molecule has 2 atom stereocenters. The first-order valence-corrected chi connectivity index (χ1v) is 12.6. The zero-order chi connectivity index (χ0) is 27.1. The fourth-order valence-electron chi connectivity index (χ4n) is 6.08. The van der Waals surface area contributed by atoms with E-state index in [1.54, 1.807) is 23.1 Å². The lowest BCUT2D eigenvalue weighted by Crippen LogP contribution is -2.53. The number of nitrogens with zero attached hydrogens (tertiary/aromatic N) is 5. The molecule has 1 aliphatic heterocycles. The Balaban J connectivity index is 1.41. The molecule has 3 N–H and O–H groups in total. The second-order valence-electron chi connectivity index (χ2n) is 10.2. The molecule has 3 aliphatic rings. The molecule has 4 aromatic rings. The Morgan fingerprint density at radius 3 is 2.49 bits per heavy atom. The molecule has 0 radical (unpaired) electrons. The second-order valence-corrected chi connectivity index (χ2v) is 10.2. The van der Waals surface area contributed by atoms with E-state index in [9.17, 15) is 28.9 Å². The third-order valence-electron chi connectivity index (χ3n) is 8.01. The number of pyridine rings is 1. The summed E-state index contributed by atoms with van der Waals surface area (Å²) in [5, 5.41) is 35.2. The van der Waals surface area contributed by atoms with Crippen LogP contribution < -0.4 is 4.74 Å². The van der Waals surface area contributed by atoms with Crippen molar-refractivity contribution in [3.8, 4) is 16.9 Å². The van der Waals surface area contributed by atoms with Gasteiger partial charge in [-0.3, -0.25) is 9.69 Å². The smallest absolute Gasteiger partial charge is 0.387 e. The first-order chi connectivity index (χ1) is 18.7. The van der Waals surface area contributed by atoms with Crippen molar-refractivity contribution in [2.24, 2.45) is 0 Å². The van der Waals surface area contributed by atoms with Gasteiger partial charge in [0, 0.05) is 52.7 Å². The van der Waals surface area contributed by atoms with Gasteiger partial charge in [0.05, 0.1) is 17.3 Å². The average molecular weight is 536 g/mol. The molecular weight excluding hydrogens is 512 g/mol. The van der Waals surface area contributed by atoms with E-state index in [0.717, 1.165) is 29.8 Å². The van der Waals surface area contributed by atoms with Crippen LogP contribution in [-0.2, 0) is 0 Å². The summed E-state index contributed by atoms with van der Waals surface area (Å²) in [6.07, 6.45) is 5.17. The number of hydrogen-bond donors (Lipinski definition) is 3. The van der Waals surface area contributed by atoms with Crippen molar-refractivity contribution in [1.82, 2.24) is 24.5 Å². The van der Waals surface area contributed by atoms with Gasteiger partial charge < -0.3 is 20.1 Å². The number of aliphatic hydroxyl groups is 3. The van der Waals surface area contributed by atoms with Crippen LogP contribution in [0.25, 0.3) is 16.6 Å². The summed E-state index contributed by atoms with van der Waals surface area (Å²) in [5.41, 5.74) is 3.24. The summed E-state index contributed by atoms with van der Waals surface area (Å²) < 4.78 is 33.1. The maximum absolute atomic E-state index is 13.4. The number of fused-ring (bicyclic) bond motifs is 9. The zero-order valence-electron chi connectivity index (χ0n) is 20.4. The Morgan fingerprint density at radius 1 is 1.05 bits per heavy atom. The summed E-state index contributed by atoms with van der Waals surface area (Å²) in [7, 11) is 0. The minimum absolute atomic E-state index is 0.0728. The van der Waals surface area contributed by atoms with Gasteiger partial charge in [0.1, 0.15) is 11.6 Å². The van der Waals surface area contributed by atoms with Crippen LogP contribution in [0.2, 0.25) is 0 Å². The highest BCUT2D eigenvalue weighted by atomic mass is 19.3. The lowest BCUT2D eigenvalue weighted by molar-refractivity contribution is -0.385. The minimum Gasteiger partial charge on any atom is -0.434 e. The Labute approximate surface area is 220 Å². The number of alkyl halides is 2. The molecule has 2 aliphatic carbocycles. The van der Waals surface area contributed by atoms with Crippen LogP contribution in [0, 0.1) is 0 Å². The lowest BCUT2D eigenvalue weighted by atomic mass is 9.85. The third-order valence-corrected chi connectivity index (χ3v) is 8.01. The second kappa shape index (κ2) is 8.50. The van der Waals surface area contributed by atoms with E-state index in [2.05, 4.69) is 15.1 Å². The summed E-state index contributed by atoms with van der Waals surface area (Å²) in [4.78, 5) is 23.0. The number of carbonyl (C=O) groups excluding carboxylic acids is 1. The van der Waals surface area contributed by atoms with Crippen molar-refractivity contribution in [3.05, 3.63) is 77.1 Å². The molecule has 10 nitrogen and oxygen atoms in total. The van der Waals surface area contributed by atoms with Gasteiger partial charge >= 0.3 is 12.7 Å². The fraction of sp³-hybridized carbons (Fsp3) is 0.333. The van der Waals surface area contributed by atoms with Crippen molar-refractivity contribution >= 4 is 11.4 Å². The highest BCUT2D eigenvalue weighted by molar-refractivity contribution is 5.98. The Morgan fingerprint density at radius 2 is 1.82 bits per heavy atom. The Kier molecular flexibility index (Phi) is 5.25. The third kappa shape index (κ3) is 3.70. The number of hydrogen-bond acceptors (Lipinski definition) is 8. The van der Waals surface area contributed by atoms with Crippen LogP contribution in [-0.4, -0.2) is 58.4 Å². The largest absolute Gasteiger partial charge is 0.434 e. The molecule has 0 spiro atoms. The summed E-state index contributed by atoms with van der Waals surface area (Å²) in [6.45, 7) is -3.14. The van der Waals surface area contributed by atoms with Gasteiger partial charge in [-0.1, -0.05) is 12.5 Å². The highest BCUT2D eigenvalue weighted by Gasteiger charge is 2.52. The Bertz CT molecular complexity index is 1610. The molecule has 0 saturated heterocycles. The molecule has 1 saturated carbocycles. The maximum atomic E-state index is 13.4. The standard InChI is InChI=1S/C27H23F2N5O5/c28-26(29)39-20-6-2-5-16-21(20)17-10-19(34(25(16)35)27(36,37)38)23-22(17)18-9-14(7-8-33(18)32-23)15-11-30-24(31-12-15)13-3-1-4-13/h2,5-9,11-13,17,19,26,36-38H,1,3-4,10H2. The van der Waals surface area contributed by atoms with Gasteiger partial charge in [0.25, 0.3) is 5.91 Å². The number of aromatic nitrogens is 4. The maximum Gasteiger partial charge on any atom is 0.387 e. The van der Waals surface area contributed by atoms with E-state index >= 15 is 0 Å². The van der Waals surface area contributed by atoms with Crippen molar-refractivity contribution in [3.63, 3.8) is 0 Å². The zero-order valence-corrected chi connectivity index (χ0v) is 20.4. The van der Waals surface area contributed by atoms with Crippen molar-refractivity contribution in [2.45, 2.75) is 56.3 Å². The van der Waals surface area contributed by atoms with Gasteiger partial charge in [0.2, 0.25) is 0 Å². The molecule has 12 heteroatoms. The summed E-state index contributed by atoms with van der Waals surface area (Å²) in [6, 6.07) is 6.74. The fourth-order valence-corrected chi connectivity index (χ4v) is 6.08. The molecule has 1 fully saturated rings. The van der Waals surface area contributed by atoms with E-state index in [-0.39, 0.29) is 23.3 Å². The molecule has 7 rings (SSSR count). The molecule has 2 bridgehead atoms. The normalized spacial score (nSPS) is 20.7. The van der Waals surface area contributed by atoms with Crippen LogP contribution >= 0.6 is 0 Å². The quantitative estimate of drug-likeness (QED) is 0.332. The Hall–Kier alpha value is -4.00. The molecule has 3 aromatic heterocycles. The van der Waals surface area contributed by atoms with E-state index in [0.29, 0.717) is 27.6 Å². The molecule has 1 aromatic carbocycles. The van der Waals surface area contributed by atoms with Crippen molar-refractivity contribution in [1.29, 1.82) is 0 Å². The number of amides is 1. The molecule has 4 heterocycles. The van der Waals surface area contributed by atoms with Gasteiger partial charge in [0.15, 0.2) is 0 Å². The monoisotopic (exact) mass is 535 g/mol. The number of carbonyl (C=O) groups is 1. The average Bonchev–Trinajstić information content (AvgIpc) is 3.35. The van der Waals surface area contributed by atoms with Crippen LogP contribution in [0.5, 0.6) is 5.75 Å². The summed E-state index contributed by atoms with van der Waals surface area (Å²) >= 11 is 0. The number of ether oxygens (including phenoxy) is 1. The lowest BCUT2D eigenvalue weighted by Gasteiger charge is -2.34. The minimum atomic E-state index is -3.52. The first kappa shape index (κ1) is 24.1. The van der Waals surface area contributed by atoms with Crippen molar-refractivity contribution < 1.29 is 33.6 Å². The SMILES string of the molecule is O=C1c2cccc(OC(F)F)c2C2CC(c3nn4ccc(-c5cnc(C6CCC6)nc5)cc4c32)N1C(O)(O)O. The molecule has 200 valence electrons. The predicted octanol–water partition coefficient (Wildman–Crippen LogP) is 3.28. The molecule has 2 unspecified atom stereocenters. The molecule has 1 amide bonds. The van der Waals surface area contributed by atoms with E-state index < -0.39 is 30.6 Å². The van der Waals surface area contributed by atoms with E-state index in [1.807, 2.05) is 12.1 Å². The van der Waals surface area contributed by atoms with Gasteiger partial charge in [-0.15, -0.1) is 0 Å². The van der Waals surface area contributed by atoms with Crippen LogP contribution in [0.3, 0.4) is 0 Å². The first-order valence-electron chi connectivity index (χ1n) is 12.6. The van der Waals surface area contributed by atoms with Crippen molar-refractivity contribution in [2.75, 3.05) is 0 Å². The predicted molar refractivity (Wildman–Crippen MR) is 131 cm³/mol. The van der Waals surface area contributed by atoms with Crippen LogP contribution in [0.4, 0.5) is 8.78 Å². The number of rotatable bonds is 5. The topological polar surface area (TPSA) is 133 Å². The summed E-state index contributed by atoms with van der Waals surface area (Å²) in [5.74, 6) is -0.581. The van der Waals surface area contributed by atoms with Gasteiger partial charge in [-0.2, -0.15) is 13.9 Å². The molecular formula is C27H23F2N5O5. The van der Waals surface area contributed by atoms with E-state index in [4.69, 9.17) is 4.74 Å². The van der Waals surface area contributed by atoms with Gasteiger partial charge in [-0.25, -0.2) is 14.5 Å². The number of halogens is 2. The number of benzene rings is 1. The van der Waals surface area contributed by atoms with Gasteiger partial charge in [-0.05, 0) is 49.1 Å². The highest BCUT2D eigenvalue weighted by Crippen LogP contribution is 2.54. The molecule has 39 heavy (non-hydrogen) atoms. The van der Waals surface area contributed by atoms with Crippen LogP contribution in [0.15, 0.2) is 48.9 Å². The van der Waals surface area contributed by atoms with E-state index in [1.165, 1.54) is 24.6 Å².